The first-order valence-electron chi connectivity index (χ1n) is 6.15. The van der Waals surface area contributed by atoms with Crippen molar-refractivity contribution in [1.82, 2.24) is 0 Å². The first kappa shape index (κ1) is 11.7. The van der Waals surface area contributed by atoms with E-state index in [-0.39, 0.29) is 13.6 Å². The molecule has 0 fully saturated rings. The van der Waals surface area contributed by atoms with Crippen LogP contribution in [0.15, 0.2) is 36.4 Å². The molecule has 0 radical (unpaired) electrons. The predicted octanol–water partition coefficient (Wildman–Crippen LogP) is 1.65. The summed E-state index contributed by atoms with van der Waals surface area (Å²) < 4.78 is 33.8. The van der Waals surface area contributed by atoms with E-state index in [0.29, 0.717) is 23.0 Å². The first-order valence-corrected chi connectivity index (χ1v) is 7.56. The minimum atomic E-state index is -2.11. The van der Waals surface area contributed by atoms with Crippen LogP contribution in [0.4, 0.5) is 0 Å². The highest BCUT2D eigenvalue weighted by molar-refractivity contribution is 7.61. The Morgan fingerprint density at radius 1 is 0.700 bits per heavy atom. The van der Waals surface area contributed by atoms with Crippen molar-refractivity contribution < 1.29 is 23.5 Å². The summed E-state index contributed by atoms with van der Waals surface area (Å²) in [4.78, 5) is 0. The number of ether oxygens (including phenoxy) is 4. The molecule has 0 N–H and O–H groups in total. The Morgan fingerprint density at radius 2 is 1.15 bits per heavy atom. The zero-order valence-electron chi connectivity index (χ0n) is 10.4. The number of benzene rings is 2. The van der Waals surface area contributed by atoms with Gasteiger partial charge in [-0.05, 0) is 36.4 Å². The van der Waals surface area contributed by atoms with Gasteiger partial charge in [0.25, 0.3) is 0 Å². The van der Waals surface area contributed by atoms with Crippen molar-refractivity contribution in [2.75, 3.05) is 13.6 Å². The average Bonchev–Trinajstić information content (AvgIpc) is 3.13. The number of hydrogen-bond acceptors (Lipinski definition) is 5. The Morgan fingerprint density at radius 3 is 1.65 bits per heavy atom. The maximum absolute atomic E-state index is 12.6. The van der Waals surface area contributed by atoms with Gasteiger partial charge in [0.15, 0.2) is 23.0 Å². The molecule has 0 saturated heterocycles. The standard InChI is InChI=1S/C14H11O5P/c15-20(9-1-3-11-13(5-9)18-7-16-11)10-2-4-12-14(6-10)19-8-17-12/h1-6,20H,7-8H2. The molecule has 5 nitrogen and oxygen atoms in total. The Bertz CT molecular complexity index is 653. The van der Waals surface area contributed by atoms with Gasteiger partial charge in [-0.25, -0.2) is 0 Å². The molecule has 0 unspecified atom stereocenters. The van der Waals surface area contributed by atoms with Gasteiger partial charge in [0.05, 0.1) is 0 Å². The summed E-state index contributed by atoms with van der Waals surface area (Å²) in [6, 6.07) is 10.7. The van der Waals surface area contributed by atoms with Gasteiger partial charge >= 0.3 is 0 Å². The zero-order valence-corrected chi connectivity index (χ0v) is 11.4. The smallest absolute Gasteiger partial charge is 0.231 e. The molecule has 2 heterocycles. The lowest BCUT2D eigenvalue weighted by Gasteiger charge is -2.05. The summed E-state index contributed by atoms with van der Waals surface area (Å²) in [6.07, 6.45) is 0. The molecule has 20 heavy (non-hydrogen) atoms. The minimum Gasteiger partial charge on any atom is -0.454 e. The second kappa shape index (κ2) is 4.46. The molecule has 0 aliphatic carbocycles. The summed E-state index contributed by atoms with van der Waals surface area (Å²) in [5.41, 5.74) is 0. The molecule has 0 saturated carbocycles. The molecular formula is C14H11O5P. The molecule has 2 aliphatic heterocycles. The molecule has 2 aromatic carbocycles. The van der Waals surface area contributed by atoms with Gasteiger partial charge in [-0.15, -0.1) is 0 Å². The van der Waals surface area contributed by atoms with Crippen LogP contribution >= 0.6 is 7.80 Å². The predicted molar refractivity (Wildman–Crippen MR) is 73.4 cm³/mol. The van der Waals surface area contributed by atoms with E-state index in [2.05, 4.69) is 0 Å². The number of hydrogen-bond donors (Lipinski definition) is 0. The van der Waals surface area contributed by atoms with E-state index in [1.165, 1.54) is 0 Å². The van der Waals surface area contributed by atoms with Gasteiger partial charge in [0.2, 0.25) is 13.6 Å². The highest BCUT2D eigenvalue weighted by Crippen LogP contribution is 2.36. The summed E-state index contributed by atoms with van der Waals surface area (Å²) in [7, 11) is -2.11. The molecule has 0 spiro atoms. The van der Waals surface area contributed by atoms with Crippen LogP contribution in [0.25, 0.3) is 0 Å². The fourth-order valence-electron chi connectivity index (χ4n) is 2.24. The fourth-order valence-corrected chi connectivity index (χ4v) is 3.57. The normalized spacial score (nSPS) is 14.8. The second-order valence-corrected chi connectivity index (χ2v) is 6.28. The molecule has 0 atom stereocenters. The molecule has 2 aromatic rings. The van der Waals surface area contributed by atoms with Crippen LogP contribution in [0.2, 0.25) is 0 Å². The van der Waals surface area contributed by atoms with Crippen LogP contribution < -0.4 is 29.6 Å². The maximum Gasteiger partial charge on any atom is 0.231 e. The quantitative estimate of drug-likeness (QED) is 0.787. The lowest BCUT2D eigenvalue weighted by atomic mass is 10.3. The van der Waals surface area contributed by atoms with Crippen LogP contribution in [0.5, 0.6) is 23.0 Å². The van der Waals surface area contributed by atoms with E-state index in [9.17, 15) is 4.57 Å². The molecule has 102 valence electrons. The van der Waals surface area contributed by atoms with Crippen LogP contribution in [0.3, 0.4) is 0 Å². The Labute approximate surface area is 115 Å². The zero-order chi connectivity index (χ0) is 13.5. The SMILES string of the molecule is O=[PH](c1ccc2c(c1)OCO2)c1ccc2c(c1)OCO2. The van der Waals surface area contributed by atoms with E-state index in [1.807, 2.05) is 0 Å². The van der Waals surface area contributed by atoms with Crippen LogP contribution in [-0.4, -0.2) is 13.6 Å². The minimum absolute atomic E-state index is 0.212. The van der Waals surface area contributed by atoms with Gasteiger partial charge < -0.3 is 23.5 Å². The van der Waals surface area contributed by atoms with E-state index in [4.69, 9.17) is 18.9 Å². The van der Waals surface area contributed by atoms with E-state index in [1.54, 1.807) is 36.4 Å². The Kier molecular flexibility index (Phi) is 2.60. The lowest BCUT2D eigenvalue weighted by Crippen LogP contribution is -2.06. The van der Waals surface area contributed by atoms with Crippen molar-refractivity contribution >= 4 is 18.4 Å². The summed E-state index contributed by atoms with van der Waals surface area (Å²) in [5, 5.41) is 1.47. The lowest BCUT2D eigenvalue weighted by molar-refractivity contribution is 0.173. The second-order valence-electron chi connectivity index (χ2n) is 4.47. The third kappa shape index (κ3) is 1.82. The number of rotatable bonds is 2. The third-order valence-corrected chi connectivity index (χ3v) is 4.94. The molecule has 6 heteroatoms. The summed E-state index contributed by atoms with van der Waals surface area (Å²) in [5.74, 6) is 2.66. The van der Waals surface area contributed by atoms with Crippen molar-refractivity contribution in [1.29, 1.82) is 0 Å². The molecular weight excluding hydrogens is 279 g/mol. The maximum atomic E-state index is 12.6. The van der Waals surface area contributed by atoms with Crippen molar-refractivity contribution in [2.45, 2.75) is 0 Å². The third-order valence-electron chi connectivity index (χ3n) is 3.27. The number of fused-ring (bicyclic) bond motifs is 2. The van der Waals surface area contributed by atoms with Gasteiger partial charge in [0, 0.05) is 10.6 Å². The van der Waals surface area contributed by atoms with E-state index >= 15 is 0 Å². The van der Waals surface area contributed by atoms with Crippen LogP contribution in [0, 0.1) is 0 Å². The highest BCUT2D eigenvalue weighted by Gasteiger charge is 2.19. The fraction of sp³-hybridized carbons (Fsp3) is 0.143. The first-order chi connectivity index (χ1) is 9.81. The molecule has 0 aromatic heterocycles. The van der Waals surface area contributed by atoms with Crippen LogP contribution in [-0.2, 0) is 4.57 Å². The molecule has 4 rings (SSSR count). The Hall–Kier alpha value is -2.13. The largest absolute Gasteiger partial charge is 0.454 e. The van der Waals surface area contributed by atoms with Crippen molar-refractivity contribution in [3.8, 4) is 23.0 Å². The van der Waals surface area contributed by atoms with Gasteiger partial charge in [-0.3, -0.25) is 0 Å². The summed E-state index contributed by atoms with van der Waals surface area (Å²) >= 11 is 0. The topological polar surface area (TPSA) is 54.0 Å². The van der Waals surface area contributed by atoms with E-state index < -0.39 is 7.80 Å². The van der Waals surface area contributed by atoms with Crippen molar-refractivity contribution in [2.24, 2.45) is 0 Å². The highest BCUT2D eigenvalue weighted by atomic mass is 31.1. The van der Waals surface area contributed by atoms with Crippen molar-refractivity contribution in [3.05, 3.63) is 36.4 Å². The average molecular weight is 290 g/mol. The molecule has 0 bridgehead atoms. The molecule has 2 aliphatic rings. The van der Waals surface area contributed by atoms with Crippen LogP contribution in [0.1, 0.15) is 0 Å². The van der Waals surface area contributed by atoms with Gasteiger partial charge in [-0.1, -0.05) is 0 Å². The molecule has 0 amide bonds. The van der Waals surface area contributed by atoms with Gasteiger partial charge in [-0.2, -0.15) is 0 Å². The summed E-state index contributed by atoms with van der Waals surface area (Å²) in [6.45, 7) is 0.424. The van der Waals surface area contributed by atoms with Gasteiger partial charge in [0.1, 0.15) is 7.80 Å². The van der Waals surface area contributed by atoms with E-state index in [0.717, 1.165) is 10.6 Å². The Balaban J connectivity index is 1.70. The monoisotopic (exact) mass is 290 g/mol. The van der Waals surface area contributed by atoms with Crippen molar-refractivity contribution in [3.63, 3.8) is 0 Å².